The summed E-state index contributed by atoms with van der Waals surface area (Å²) in [5, 5.41) is 16.8. The number of carboxylic acid groups (broad SMARTS) is 1. The zero-order valence-electron chi connectivity index (χ0n) is 15.2. The molecule has 4 aromatic rings. The smallest absolute Gasteiger partial charge is 0.409 e. The van der Waals surface area contributed by atoms with E-state index in [0.29, 0.717) is 16.4 Å². The average Bonchev–Trinajstić information content (AvgIpc) is 3.11. The molecule has 0 saturated heterocycles. The van der Waals surface area contributed by atoms with E-state index >= 15 is 0 Å². The van der Waals surface area contributed by atoms with Gasteiger partial charge in [0, 0.05) is 22.7 Å². The molecule has 0 aliphatic heterocycles. The van der Waals surface area contributed by atoms with Crippen LogP contribution in [0.3, 0.4) is 0 Å². The molecule has 0 atom stereocenters. The number of methoxy groups -OCH3 is 1. The van der Waals surface area contributed by atoms with Gasteiger partial charge in [-0.15, -0.1) is 0 Å². The SMILES string of the molecule is COc1cc(-n2ncc3cc(-c4ccc(NC(=O)O)cc4Cl)ccc32)ccc1F. The van der Waals surface area contributed by atoms with Crippen molar-refractivity contribution in [3.05, 3.63) is 71.6 Å². The first kappa shape index (κ1) is 18.8. The molecular formula is C21H15ClFN3O3. The number of nitrogens with zero attached hydrogens (tertiary/aromatic N) is 2. The number of hydrogen-bond donors (Lipinski definition) is 2. The standard InChI is InChI=1S/C21H15ClFN3O3/c1-29-20-10-15(4-6-18(20)23)26-19-7-2-12(8-13(19)11-24-26)16-5-3-14(9-17(16)22)25-21(27)28/h2-11,25H,1H3,(H,27,28). The van der Waals surface area contributed by atoms with Gasteiger partial charge in [0.2, 0.25) is 0 Å². The fraction of sp³-hybridized carbons (Fsp3) is 0.0476. The largest absolute Gasteiger partial charge is 0.494 e. The molecule has 0 aliphatic carbocycles. The van der Waals surface area contributed by atoms with Gasteiger partial charge in [0.15, 0.2) is 11.6 Å². The third-order valence-electron chi connectivity index (χ3n) is 4.48. The Morgan fingerprint density at radius 2 is 2.00 bits per heavy atom. The number of hydrogen-bond acceptors (Lipinski definition) is 3. The van der Waals surface area contributed by atoms with E-state index in [1.807, 2.05) is 18.2 Å². The van der Waals surface area contributed by atoms with Gasteiger partial charge in [-0.1, -0.05) is 23.7 Å². The molecule has 4 rings (SSSR count). The Balaban J connectivity index is 1.73. The highest BCUT2D eigenvalue weighted by Crippen LogP contribution is 2.33. The summed E-state index contributed by atoms with van der Waals surface area (Å²) in [4.78, 5) is 10.8. The molecule has 0 unspecified atom stereocenters. The number of halogens is 2. The summed E-state index contributed by atoms with van der Waals surface area (Å²) in [6.45, 7) is 0. The fourth-order valence-electron chi connectivity index (χ4n) is 3.14. The van der Waals surface area contributed by atoms with Crippen molar-refractivity contribution in [2.45, 2.75) is 0 Å². The van der Waals surface area contributed by atoms with Crippen LogP contribution in [0.1, 0.15) is 0 Å². The van der Waals surface area contributed by atoms with Crippen LogP contribution in [0, 0.1) is 5.82 Å². The lowest BCUT2D eigenvalue weighted by Crippen LogP contribution is -2.06. The van der Waals surface area contributed by atoms with E-state index in [9.17, 15) is 9.18 Å². The Bertz CT molecular complexity index is 1240. The van der Waals surface area contributed by atoms with Crippen molar-refractivity contribution in [3.63, 3.8) is 0 Å². The lowest BCUT2D eigenvalue weighted by molar-refractivity contribution is 0.210. The summed E-state index contributed by atoms with van der Waals surface area (Å²) >= 11 is 6.34. The van der Waals surface area contributed by atoms with Gasteiger partial charge < -0.3 is 9.84 Å². The molecule has 0 aliphatic rings. The number of nitrogens with one attached hydrogen (secondary N) is 1. The minimum Gasteiger partial charge on any atom is -0.494 e. The number of ether oxygens (including phenoxy) is 1. The summed E-state index contributed by atoms with van der Waals surface area (Å²) in [5.74, 6) is -0.296. The van der Waals surface area contributed by atoms with Crippen LogP contribution in [0.5, 0.6) is 5.75 Å². The Hall–Kier alpha value is -3.58. The first-order chi connectivity index (χ1) is 14.0. The van der Waals surface area contributed by atoms with Crippen molar-refractivity contribution in [1.82, 2.24) is 9.78 Å². The Morgan fingerprint density at radius 3 is 2.72 bits per heavy atom. The van der Waals surface area contributed by atoms with Crippen molar-refractivity contribution in [1.29, 1.82) is 0 Å². The molecule has 8 heteroatoms. The molecule has 3 aromatic carbocycles. The number of anilines is 1. The van der Waals surface area contributed by atoms with Crippen LogP contribution in [0.2, 0.25) is 5.02 Å². The quantitative estimate of drug-likeness (QED) is 0.459. The second kappa shape index (κ2) is 7.44. The highest BCUT2D eigenvalue weighted by atomic mass is 35.5. The van der Waals surface area contributed by atoms with Gasteiger partial charge >= 0.3 is 6.09 Å². The number of amides is 1. The van der Waals surface area contributed by atoms with Crippen molar-refractivity contribution in [2.75, 3.05) is 12.4 Å². The van der Waals surface area contributed by atoms with Gasteiger partial charge in [-0.2, -0.15) is 5.10 Å². The molecule has 29 heavy (non-hydrogen) atoms. The maximum atomic E-state index is 13.7. The maximum absolute atomic E-state index is 13.7. The molecule has 0 spiro atoms. The second-order valence-corrected chi connectivity index (χ2v) is 6.68. The van der Waals surface area contributed by atoms with Gasteiger partial charge in [-0.25, -0.2) is 13.9 Å². The monoisotopic (exact) mass is 411 g/mol. The summed E-state index contributed by atoms with van der Waals surface area (Å²) in [5.41, 5.74) is 3.53. The predicted molar refractivity (Wildman–Crippen MR) is 110 cm³/mol. The van der Waals surface area contributed by atoms with Crippen LogP contribution in [0.15, 0.2) is 60.8 Å². The van der Waals surface area contributed by atoms with E-state index in [-0.39, 0.29) is 5.75 Å². The highest BCUT2D eigenvalue weighted by molar-refractivity contribution is 6.33. The van der Waals surface area contributed by atoms with Gasteiger partial charge in [-0.3, -0.25) is 5.32 Å². The normalized spacial score (nSPS) is 10.9. The number of rotatable bonds is 4. The van der Waals surface area contributed by atoms with E-state index < -0.39 is 11.9 Å². The van der Waals surface area contributed by atoms with Gasteiger partial charge in [0.1, 0.15) is 0 Å². The third-order valence-corrected chi connectivity index (χ3v) is 4.79. The molecule has 0 saturated carbocycles. The van der Waals surface area contributed by atoms with E-state index in [2.05, 4.69) is 10.4 Å². The van der Waals surface area contributed by atoms with Crippen LogP contribution in [-0.2, 0) is 0 Å². The minimum absolute atomic E-state index is 0.143. The summed E-state index contributed by atoms with van der Waals surface area (Å²) in [7, 11) is 1.41. The number of aromatic nitrogens is 2. The lowest BCUT2D eigenvalue weighted by atomic mass is 10.0. The number of carbonyl (C=O) groups is 1. The Kier molecular flexibility index (Phi) is 4.82. The second-order valence-electron chi connectivity index (χ2n) is 6.27. The molecule has 2 N–H and O–H groups in total. The van der Waals surface area contributed by atoms with Crippen LogP contribution < -0.4 is 10.1 Å². The first-order valence-electron chi connectivity index (χ1n) is 8.58. The Morgan fingerprint density at radius 1 is 1.17 bits per heavy atom. The number of benzene rings is 3. The summed E-state index contributed by atoms with van der Waals surface area (Å²) < 4.78 is 20.4. The molecule has 0 fully saturated rings. The molecule has 0 radical (unpaired) electrons. The van der Waals surface area contributed by atoms with Crippen LogP contribution >= 0.6 is 11.6 Å². The van der Waals surface area contributed by atoms with Gasteiger partial charge in [0.05, 0.1) is 29.5 Å². The molecule has 146 valence electrons. The van der Waals surface area contributed by atoms with Crippen LogP contribution in [0.4, 0.5) is 14.9 Å². The Labute approximate surface area is 170 Å². The average molecular weight is 412 g/mol. The van der Waals surface area contributed by atoms with Gasteiger partial charge in [-0.05, 0) is 42.0 Å². The first-order valence-corrected chi connectivity index (χ1v) is 8.95. The molecule has 6 nitrogen and oxygen atoms in total. The molecular weight excluding hydrogens is 397 g/mol. The topological polar surface area (TPSA) is 76.4 Å². The van der Waals surface area contributed by atoms with E-state index in [4.69, 9.17) is 21.4 Å². The highest BCUT2D eigenvalue weighted by Gasteiger charge is 2.12. The van der Waals surface area contributed by atoms with Crippen molar-refractivity contribution < 1.29 is 19.0 Å². The van der Waals surface area contributed by atoms with E-state index in [1.165, 1.54) is 13.2 Å². The molecule has 1 aromatic heterocycles. The maximum Gasteiger partial charge on any atom is 0.409 e. The van der Waals surface area contributed by atoms with E-state index in [0.717, 1.165) is 22.0 Å². The number of fused-ring (bicyclic) bond motifs is 1. The molecule has 0 bridgehead atoms. The van der Waals surface area contributed by atoms with Gasteiger partial charge in [0.25, 0.3) is 0 Å². The fourth-order valence-corrected chi connectivity index (χ4v) is 3.43. The lowest BCUT2D eigenvalue weighted by Gasteiger charge is -2.09. The molecule has 1 amide bonds. The zero-order chi connectivity index (χ0) is 20.5. The summed E-state index contributed by atoms with van der Waals surface area (Å²) in [6, 6.07) is 15.2. The van der Waals surface area contributed by atoms with Crippen LogP contribution in [0.25, 0.3) is 27.7 Å². The third kappa shape index (κ3) is 3.60. The predicted octanol–water partition coefficient (Wildman–Crippen LogP) is 5.58. The van der Waals surface area contributed by atoms with E-state index in [1.54, 1.807) is 41.2 Å². The molecule has 1 heterocycles. The minimum atomic E-state index is -1.15. The van der Waals surface area contributed by atoms with Crippen molar-refractivity contribution >= 4 is 34.3 Å². The zero-order valence-corrected chi connectivity index (χ0v) is 15.9. The summed E-state index contributed by atoms with van der Waals surface area (Å²) in [6.07, 6.45) is 0.559. The van der Waals surface area contributed by atoms with Crippen molar-refractivity contribution in [3.8, 4) is 22.6 Å². The van der Waals surface area contributed by atoms with Crippen LogP contribution in [-0.4, -0.2) is 28.1 Å². The van der Waals surface area contributed by atoms with Crippen molar-refractivity contribution in [2.24, 2.45) is 0 Å².